The Kier molecular flexibility index (Phi) is 4.78. The largest absolute Gasteiger partial charge is 0.481 e. The Balaban J connectivity index is 2.27. The Morgan fingerprint density at radius 2 is 2.19 bits per heavy atom. The molecule has 1 N–H and O–H groups in total. The van der Waals surface area contributed by atoms with E-state index in [1.54, 1.807) is 0 Å². The first kappa shape index (κ1) is 13.5. The lowest BCUT2D eigenvalue weighted by molar-refractivity contribution is -0.147. The van der Waals surface area contributed by atoms with Crippen molar-refractivity contribution in [3.8, 4) is 0 Å². The molecule has 3 nitrogen and oxygen atoms in total. The van der Waals surface area contributed by atoms with E-state index in [1.807, 2.05) is 13.8 Å². The number of aliphatic carboxylic acids is 1. The summed E-state index contributed by atoms with van der Waals surface area (Å²) in [6, 6.07) is 0. The van der Waals surface area contributed by atoms with Gasteiger partial charge in [0.1, 0.15) is 0 Å². The third-order valence-electron chi connectivity index (χ3n) is 3.70. The van der Waals surface area contributed by atoms with E-state index in [1.165, 1.54) is 25.8 Å². The summed E-state index contributed by atoms with van der Waals surface area (Å²) in [7, 11) is 0. The Hall–Kier alpha value is -0.570. The van der Waals surface area contributed by atoms with E-state index in [-0.39, 0.29) is 0 Å². The number of carbonyl (C=O) groups is 1. The molecule has 94 valence electrons. The van der Waals surface area contributed by atoms with Crippen LogP contribution in [0.2, 0.25) is 0 Å². The minimum Gasteiger partial charge on any atom is -0.481 e. The quantitative estimate of drug-likeness (QED) is 0.758. The molecule has 1 unspecified atom stereocenters. The topological polar surface area (TPSA) is 40.5 Å². The van der Waals surface area contributed by atoms with Crippen LogP contribution in [0.25, 0.3) is 0 Å². The minimum absolute atomic E-state index is 0.581. The van der Waals surface area contributed by atoms with Gasteiger partial charge in [0.25, 0.3) is 0 Å². The Morgan fingerprint density at radius 1 is 1.50 bits per heavy atom. The fraction of sp³-hybridized carbons (Fsp3) is 0.923. The van der Waals surface area contributed by atoms with Crippen LogP contribution in [-0.2, 0) is 4.79 Å². The van der Waals surface area contributed by atoms with Crippen LogP contribution in [0.5, 0.6) is 0 Å². The highest BCUT2D eigenvalue weighted by Gasteiger charge is 2.29. The van der Waals surface area contributed by atoms with Crippen molar-refractivity contribution in [1.29, 1.82) is 0 Å². The van der Waals surface area contributed by atoms with Gasteiger partial charge in [-0.05, 0) is 52.1 Å². The second kappa shape index (κ2) is 5.67. The molecule has 0 aliphatic carbocycles. The van der Waals surface area contributed by atoms with E-state index in [4.69, 9.17) is 5.11 Å². The number of rotatable bonds is 6. The summed E-state index contributed by atoms with van der Waals surface area (Å²) in [5.74, 6) is 0.162. The lowest BCUT2D eigenvalue weighted by atomic mass is 9.89. The number of carboxylic acid groups (broad SMARTS) is 1. The molecule has 1 aliphatic rings. The summed E-state index contributed by atoms with van der Waals surface area (Å²) in [5, 5.41) is 9.03. The van der Waals surface area contributed by atoms with Crippen molar-refractivity contribution >= 4 is 5.97 Å². The number of nitrogens with zero attached hydrogens (tertiary/aromatic N) is 1. The lowest BCUT2D eigenvalue weighted by Crippen LogP contribution is -2.31. The van der Waals surface area contributed by atoms with E-state index in [9.17, 15) is 4.79 Å². The van der Waals surface area contributed by atoms with Gasteiger partial charge in [0.2, 0.25) is 0 Å². The summed E-state index contributed by atoms with van der Waals surface area (Å²) in [4.78, 5) is 13.4. The monoisotopic (exact) mass is 227 g/mol. The van der Waals surface area contributed by atoms with Crippen LogP contribution in [0.1, 0.15) is 46.5 Å². The van der Waals surface area contributed by atoms with Crippen LogP contribution < -0.4 is 0 Å². The number of carboxylic acids is 1. The number of hydrogen-bond acceptors (Lipinski definition) is 2. The van der Waals surface area contributed by atoms with Crippen molar-refractivity contribution in [3.63, 3.8) is 0 Å². The van der Waals surface area contributed by atoms with Gasteiger partial charge in [0, 0.05) is 6.54 Å². The molecule has 0 spiro atoms. The molecule has 1 fully saturated rings. The SMILES string of the molecule is CCCC1CCN(CCC(C)(C)C(=O)O)C1. The van der Waals surface area contributed by atoms with Crippen molar-refractivity contribution in [3.05, 3.63) is 0 Å². The molecule has 16 heavy (non-hydrogen) atoms. The third kappa shape index (κ3) is 3.78. The summed E-state index contributed by atoms with van der Waals surface area (Å²) >= 11 is 0. The van der Waals surface area contributed by atoms with Gasteiger partial charge in [-0.25, -0.2) is 0 Å². The molecule has 0 aromatic heterocycles. The predicted molar refractivity (Wildman–Crippen MR) is 65.5 cm³/mol. The van der Waals surface area contributed by atoms with Gasteiger partial charge in [0.05, 0.1) is 5.41 Å². The molecule has 1 saturated heterocycles. The molecule has 1 rings (SSSR count). The Bertz CT molecular complexity index is 238. The molecule has 1 heterocycles. The van der Waals surface area contributed by atoms with Crippen molar-refractivity contribution in [2.75, 3.05) is 19.6 Å². The molecule has 0 saturated carbocycles. The van der Waals surface area contributed by atoms with Crippen molar-refractivity contribution in [1.82, 2.24) is 4.90 Å². The molecule has 0 aromatic rings. The Morgan fingerprint density at radius 3 is 2.75 bits per heavy atom. The van der Waals surface area contributed by atoms with E-state index in [0.29, 0.717) is 0 Å². The highest BCUT2D eigenvalue weighted by Crippen LogP contribution is 2.25. The van der Waals surface area contributed by atoms with Crippen LogP contribution >= 0.6 is 0 Å². The first-order valence-electron chi connectivity index (χ1n) is 6.41. The fourth-order valence-electron chi connectivity index (χ4n) is 2.30. The van der Waals surface area contributed by atoms with Crippen molar-refractivity contribution in [2.24, 2.45) is 11.3 Å². The average molecular weight is 227 g/mol. The van der Waals surface area contributed by atoms with Crippen LogP contribution in [-0.4, -0.2) is 35.6 Å². The van der Waals surface area contributed by atoms with Gasteiger partial charge in [0.15, 0.2) is 0 Å². The van der Waals surface area contributed by atoms with Gasteiger partial charge < -0.3 is 10.0 Å². The summed E-state index contributed by atoms with van der Waals surface area (Å²) in [6.45, 7) is 9.11. The molecular formula is C13H25NO2. The van der Waals surface area contributed by atoms with Crippen molar-refractivity contribution in [2.45, 2.75) is 46.5 Å². The predicted octanol–water partition coefficient (Wildman–Crippen LogP) is 2.61. The smallest absolute Gasteiger partial charge is 0.309 e. The first-order valence-corrected chi connectivity index (χ1v) is 6.41. The van der Waals surface area contributed by atoms with E-state index >= 15 is 0 Å². The van der Waals surface area contributed by atoms with Crippen molar-refractivity contribution < 1.29 is 9.90 Å². The molecule has 1 atom stereocenters. The lowest BCUT2D eigenvalue weighted by Gasteiger charge is -2.23. The molecule has 3 heteroatoms. The van der Waals surface area contributed by atoms with E-state index in [0.717, 1.165) is 25.4 Å². The second-order valence-corrected chi connectivity index (χ2v) is 5.68. The molecule has 1 aliphatic heterocycles. The Labute approximate surface area is 98.8 Å². The minimum atomic E-state index is -0.684. The van der Waals surface area contributed by atoms with Gasteiger partial charge in [-0.15, -0.1) is 0 Å². The van der Waals surface area contributed by atoms with Crippen LogP contribution in [0.4, 0.5) is 0 Å². The van der Waals surface area contributed by atoms with Gasteiger partial charge in [-0.2, -0.15) is 0 Å². The zero-order valence-electron chi connectivity index (χ0n) is 10.8. The fourth-order valence-corrected chi connectivity index (χ4v) is 2.30. The maximum atomic E-state index is 11.0. The average Bonchev–Trinajstić information content (AvgIpc) is 2.63. The van der Waals surface area contributed by atoms with E-state index < -0.39 is 11.4 Å². The summed E-state index contributed by atoms with van der Waals surface area (Å²) in [5.41, 5.74) is -0.581. The summed E-state index contributed by atoms with van der Waals surface area (Å²) < 4.78 is 0. The highest BCUT2D eigenvalue weighted by atomic mass is 16.4. The third-order valence-corrected chi connectivity index (χ3v) is 3.70. The zero-order chi connectivity index (χ0) is 12.2. The number of hydrogen-bond donors (Lipinski definition) is 1. The maximum absolute atomic E-state index is 11.0. The number of likely N-dealkylation sites (tertiary alicyclic amines) is 1. The summed E-state index contributed by atoms with van der Waals surface area (Å²) in [6.07, 6.45) is 4.63. The molecular weight excluding hydrogens is 202 g/mol. The normalized spacial score (nSPS) is 22.6. The van der Waals surface area contributed by atoms with Crippen LogP contribution in [0.3, 0.4) is 0 Å². The van der Waals surface area contributed by atoms with Crippen LogP contribution in [0, 0.1) is 11.3 Å². The second-order valence-electron chi connectivity index (χ2n) is 5.68. The van der Waals surface area contributed by atoms with Gasteiger partial charge in [-0.3, -0.25) is 4.79 Å². The van der Waals surface area contributed by atoms with Crippen LogP contribution in [0.15, 0.2) is 0 Å². The van der Waals surface area contributed by atoms with Gasteiger partial charge >= 0.3 is 5.97 Å². The highest BCUT2D eigenvalue weighted by molar-refractivity contribution is 5.73. The molecule has 0 bridgehead atoms. The zero-order valence-corrected chi connectivity index (χ0v) is 10.8. The maximum Gasteiger partial charge on any atom is 0.309 e. The first-order chi connectivity index (χ1) is 7.45. The molecule has 0 aromatic carbocycles. The van der Waals surface area contributed by atoms with Gasteiger partial charge in [-0.1, -0.05) is 13.3 Å². The molecule has 0 amide bonds. The van der Waals surface area contributed by atoms with E-state index in [2.05, 4.69) is 11.8 Å². The standard InChI is InChI=1S/C13H25NO2/c1-4-5-11-6-8-14(10-11)9-7-13(2,3)12(15)16/h11H,4-10H2,1-3H3,(H,15,16). The molecule has 0 radical (unpaired) electrons.